The molecule has 32 heavy (non-hydrogen) atoms. The molecular weight excluding hydrogens is 473 g/mol. The molecule has 0 saturated carbocycles. The molecule has 0 aromatic heterocycles. The number of benzene rings is 2. The number of nitrogens with zero attached hydrogens (tertiary/aromatic N) is 2. The third-order valence-corrected chi connectivity index (χ3v) is 6.53. The highest BCUT2D eigenvalue weighted by molar-refractivity contribution is 7.92. The molecule has 174 valence electrons. The van der Waals surface area contributed by atoms with Gasteiger partial charge in [-0.3, -0.25) is 13.9 Å². The van der Waals surface area contributed by atoms with E-state index in [0.29, 0.717) is 22.2 Å². The minimum Gasteiger partial charge on any atom is -0.354 e. The Morgan fingerprint density at radius 1 is 1.09 bits per heavy atom. The summed E-state index contributed by atoms with van der Waals surface area (Å²) in [6, 6.07) is 12.4. The molecule has 1 N–H and O–H groups in total. The molecule has 10 heteroatoms. The fraction of sp³-hybridized carbons (Fsp3) is 0.364. The maximum Gasteiger partial charge on any atom is 0.244 e. The summed E-state index contributed by atoms with van der Waals surface area (Å²) >= 11 is 12.3. The van der Waals surface area contributed by atoms with Crippen molar-refractivity contribution in [2.24, 2.45) is 0 Å². The summed E-state index contributed by atoms with van der Waals surface area (Å²) in [5, 5.41) is 3.56. The third kappa shape index (κ3) is 7.12. The standard InChI is InChI=1S/C22H27Cl2N3O4S/c1-4-12-25-22(29)16(2)26(14-17-8-5-6-11-20(17)24)21(28)15-27(32(3,30)31)19-10-7-9-18(23)13-19/h5-11,13,16H,4,12,14-15H2,1-3H3,(H,25,29)/t16-/m1/s1. The van der Waals surface area contributed by atoms with Crippen molar-refractivity contribution in [3.8, 4) is 0 Å². The number of sulfonamides is 1. The van der Waals surface area contributed by atoms with E-state index in [2.05, 4.69) is 5.32 Å². The van der Waals surface area contributed by atoms with Gasteiger partial charge in [0.05, 0.1) is 11.9 Å². The number of carbonyl (C=O) groups is 2. The lowest BCUT2D eigenvalue weighted by molar-refractivity contribution is -0.139. The van der Waals surface area contributed by atoms with Gasteiger partial charge in [-0.1, -0.05) is 54.4 Å². The van der Waals surface area contributed by atoms with E-state index in [1.165, 1.54) is 11.0 Å². The molecule has 0 aliphatic carbocycles. The predicted molar refractivity (Wildman–Crippen MR) is 128 cm³/mol. The molecule has 0 saturated heterocycles. The van der Waals surface area contributed by atoms with Gasteiger partial charge in [0.1, 0.15) is 12.6 Å². The van der Waals surface area contributed by atoms with Crippen LogP contribution in [0, 0.1) is 0 Å². The molecule has 0 spiro atoms. The largest absolute Gasteiger partial charge is 0.354 e. The van der Waals surface area contributed by atoms with Gasteiger partial charge in [0.2, 0.25) is 21.8 Å². The Morgan fingerprint density at radius 2 is 1.78 bits per heavy atom. The number of anilines is 1. The second-order valence-electron chi connectivity index (χ2n) is 7.33. The van der Waals surface area contributed by atoms with Gasteiger partial charge in [-0.15, -0.1) is 0 Å². The van der Waals surface area contributed by atoms with Gasteiger partial charge in [0.15, 0.2) is 0 Å². The zero-order valence-electron chi connectivity index (χ0n) is 18.2. The van der Waals surface area contributed by atoms with Crippen LogP contribution in [0.15, 0.2) is 48.5 Å². The third-order valence-electron chi connectivity index (χ3n) is 4.79. The summed E-state index contributed by atoms with van der Waals surface area (Å²) in [5.74, 6) is -0.879. The quantitative estimate of drug-likeness (QED) is 0.539. The van der Waals surface area contributed by atoms with Crippen molar-refractivity contribution in [1.29, 1.82) is 0 Å². The van der Waals surface area contributed by atoms with Crippen LogP contribution in [0.4, 0.5) is 5.69 Å². The van der Waals surface area contributed by atoms with Gasteiger partial charge in [-0.25, -0.2) is 8.42 Å². The van der Waals surface area contributed by atoms with Crippen LogP contribution < -0.4 is 9.62 Å². The molecular formula is C22H27Cl2N3O4S. The summed E-state index contributed by atoms with van der Waals surface area (Å²) in [4.78, 5) is 27.3. The number of halogens is 2. The van der Waals surface area contributed by atoms with Gasteiger partial charge < -0.3 is 10.2 Å². The summed E-state index contributed by atoms with van der Waals surface area (Å²) < 4.78 is 25.9. The normalized spacial score (nSPS) is 12.2. The van der Waals surface area contributed by atoms with Crippen molar-refractivity contribution in [3.05, 3.63) is 64.1 Å². The van der Waals surface area contributed by atoms with Gasteiger partial charge in [-0.05, 0) is 43.2 Å². The van der Waals surface area contributed by atoms with Crippen LogP contribution in [0.25, 0.3) is 0 Å². The number of carbonyl (C=O) groups excluding carboxylic acids is 2. The molecule has 1 atom stereocenters. The fourth-order valence-electron chi connectivity index (χ4n) is 3.03. The van der Waals surface area contributed by atoms with Gasteiger partial charge in [0.25, 0.3) is 0 Å². The maximum absolute atomic E-state index is 13.4. The Kier molecular flexibility index (Phi) is 9.36. The van der Waals surface area contributed by atoms with Crippen molar-refractivity contribution >= 4 is 50.7 Å². The van der Waals surface area contributed by atoms with Crippen molar-refractivity contribution in [3.63, 3.8) is 0 Å². The van der Waals surface area contributed by atoms with Gasteiger partial charge in [-0.2, -0.15) is 0 Å². The minimum absolute atomic E-state index is 0.0480. The molecule has 7 nitrogen and oxygen atoms in total. The molecule has 0 bridgehead atoms. The molecule has 2 aromatic carbocycles. The number of hydrogen-bond acceptors (Lipinski definition) is 4. The summed E-state index contributed by atoms with van der Waals surface area (Å²) in [5.41, 5.74) is 0.903. The number of hydrogen-bond donors (Lipinski definition) is 1. The SMILES string of the molecule is CCCNC(=O)[C@@H](C)N(Cc1ccccc1Cl)C(=O)CN(c1cccc(Cl)c1)S(C)(=O)=O. The number of rotatable bonds is 10. The zero-order chi connectivity index (χ0) is 23.9. The molecule has 0 fully saturated rings. The van der Waals surface area contributed by atoms with Crippen molar-refractivity contribution < 1.29 is 18.0 Å². The van der Waals surface area contributed by atoms with Crippen LogP contribution in [0.2, 0.25) is 10.0 Å². The topological polar surface area (TPSA) is 86.8 Å². The first kappa shape index (κ1) is 26.0. The lowest BCUT2D eigenvalue weighted by Gasteiger charge is -2.31. The highest BCUT2D eigenvalue weighted by atomic mass is 35.5. The van der Waals surface area contributed by atoms with E-state index in [4.69, 9.17) is 23.2 Å². The highest BCUT2D eigenvalue weighted by Crippen LogP contribution is 2.23. The van der Waals surface area contributed by atoms with Crippen molar-refractivity contribution in [1.82, 2.24) is 10.2 Å². The highest BCUT2D eigenvalue weighted by Gasteiger charge is 2.30. The van der Waals surface area contributed by atoms with Crippen LogP contribution in [-0.2, 0) is 26.2 Å². The van der Waals surface area contributed by atoms with Gasteiger partial charge >= 0.3 is 0 Å². The first-order chi connectivity index (χ1) is 15.0. The second-order valence-corrected chi connectivity index (χ2v) is 10.1. The molecule has 0 radical (unpaired) electrons. The summed E-state index contributed by atoms with van der Waals surface area (Å²) in [6.07, 6.45) is 1.75. The molecule has 2 rings (SSSR count). The first-order valence-electron chi connectivity index (χ1n) is 10.1. The van der Waals surface area contributed by atoms with E-state index in [0.717, 1.165) is 17.0 Å². The Balaban J connectivity index is 2.38. The Bertz CT molecular complexity index is 1060. The van der Waals surface area contributed by atoms with Crippen LogP contribution >= 0.6 is 23.2 Å². The maximum atomic E-state index is 13.4. The van der Waals surface area contributed by atoms with E-state index < -0.39 is 28.5 Å². The lowest BCUT2D eigenvalue weighted by Crippen LogP contribution is -2.51. The second kappa shape index (κ2) is 11.5. The Morgan fingerprint density at radius 3 is 2.38 bits per heavy atom. The minimum atomic E-state index is -3.80. The molecule has 2 aromatic rings. The van der Waals surface area contributed by atoms with Crippen LogP contribution in [0.3, 0.4) is 0 Å². The monoisotopic (exact) mass is 499 g/mol. The fourth-order valence-corrected chi connectivity index (χ4v) is 4.26. The molecule has 0 aliphatic heterocycles. The lowest BCUT2D eigenvalue weighted by atomic mass is 10.1. The van der Waals surface area contributed by atoms with Crippen molar-refractivity contribution in [2.75, 3.05) is 23.7 Å². The van der Waals surface area contributed by atoms with Crippen LogP contribution in [0.5, 0.6) is 0 Å². The molecule has 0 unspecified atom stereocenters. The summed E-state index contributed by atoms with van der Waals surface area (Å²) in [7, 11) is -3.80. The zero-order valence-corrected chi connectivity index (χ0v) is 20.5. The molecule has 0 aliphatic rings. The number of nitrogens with one attached hydrogen (secondary N) is 1. The van der Waals surface area contributed by atoms with E-state index in [1.54, 1.807) is 49.4 Å². The number of amides is 2. The van der Waals surface area contributed by atoms with E-state index in [1.807, 2.05) is 6.92 Å². The Labute approximate surface area is 199 Å². The van der Waals surface area contributed by atoms with Crippen LogP contribution in [-0.4, -0.2) is 50.5 Å². The van der Waals surface area contributed by atoms with Gasteiger partial charge in [0, 0.05) is 23.1 Å². The molecule has 2 amide bonds. The van der Waals surface area contributed by atoms with E-state index >= 15 is 0 Å². The van der Waals surface area contributed by atoms with Crippen molar-refractivity contribution in [2.45, 2.75) is 32.9 Å². The Hall–Kier alpha value is -2.29. The molecule has 0 heterocycles. The smallest absolute Gasteiger partial charge is 0.244 e. The van der Waals surface area contributed by atoms with E-state index in [-0.39, 0.29) is 18.1 Å². The average molecular weight is 500 g/mol. The first-order valence-corrected chi connectivity index (χ1v) is 12.7. The van der Waals surface area contributed by atoms with E-state index in [9.17, 15) is 18.0 Å². The predicted octanol–water partition coefficient (Wildman–Crippen LogP) is 3.70. The summed E-state index contributed by atoms with van der Waals surface area (Å²) in [6.45, 7) is 3.55. The average Bonchev–Trinajstić information content (AvgIpc) is 2.73. The van der Waals surface area contributed by atoms with Crippen LogP contribution in [0.1, 0.15) is 25.8 Å².